The lowest BCUT2D eigenvalue weighted by Crippen LogP contribution is -2.35. The summed E-state index contributed by atoms with van der Waals surface area (Å²) < 4.78 is 9.97. The van der Waals surface area contributed by atoms with Gasteiger partial charge in [-0.25, -0.2) is 0 Å². The van der Waals surface area contributed by atoms with Crippen LogP contribution in [0.4, 0.5) is 0 Å². The van der Waals surface area contributed by atoms with Crippen LogP contribution in [0.5, 0.6) is 0 Å². The van der Waals surface area contributed by atoms with Crippen LogP contribution >= 0.6 is 0 Å². The van der Waals surface area contributed by atoms with E-state index in [-0.39, 0.29) is 25.0 Å². The average Bonchev–Trinajstić information content (AvgIpc) is 2.69. The van der Waals surface area contributed by atoms with E-state index in [1.54, 1.807) is 13.8 Å². The van der Waals surface area contributed by atoms with Crippen molar-refractivity contribution < 1.29 is 24.2 Å². The van der Waals surface area contributed by atoms with Crippen molar-refractivity contribution in [2.75, 3.05) is 13.2 Å². The number of carbonyl (C=O) groups excluding carboxylic acids is 2. The molecule has 5 heteroatoms. The second-order valence-corrected chi connectivity index (χ2v) is 4.65. The van der Waals surface area contributed by atoms with Gasteiger partial charge in [-0.1, -0.05) is 0 Å². The largest absolute Gasteiger partial charge is 0.465 e. The van der Waals surface area contributed by atoms with Crippen molar-refractivity contribution in [1.29, 1.82) is 0 Å². The summed E-state index contributed by atoms with van der Waals surface area (Å²) >= 11 is 0. The third-order valence-corrected chi connectivity index (χ3v) is 3.82. The molecular formula is C12H18O5. The zero-order valence-electron chi connectivity index (χ0n) is 10.1. The molecule has 0 bridgehead atoms. The number of esters is 2. The molecule has 0 spiro atoms. The predicted octanol–water partition coefficient (Wildman–Crippen LogP) is 0.500. The number of ether oxygens (including phenoxy) is 2. The molecule has 0 aromatic heterocycles. The van der Waals surface area contributed by atoms with E-state index in [1.807, 2.05) is 0 Å². The van der Waals surface area contributed by atoms with Crippen molar-refractivity contribution in [2.45, 2.75) is 32.8 Å². The normalized spacial score (nSPS) is 32.8. The number of hydrogen-bond donors (Lipinski definition) is 1. The Kier molecular flexibility index (Phi) is 3.12. The minimum atomic E-state index is -1.12. The van der Waals surface area contributed by atoms with E-state index < -0.39 is 23.5 Å². The van der Waals surface area contributed by atoms with E-state index >= 15 is 0 Å². The van der Waals surface area contributed by atoms with Crippen LogP contribution in [-0.4, -0.2) is 36.4 Å². The van der Waals surface area contributed by atoms with E-state index in [0.717, 1.165) is 0 Å². The maximum absolute atomic E-state index is 12.0. The highest BCUT2D eigenvalue weighted by Crippen LogP contribution is 2.68. The van der Waals surface area contributed by atoms with Gasteiger partial charge >= 0.3 is 11.9 Å². The molecule has 2 atom stereocenters. The lowest BCUT2D eigenvalue weighted by atomic mass is 9.94. The van der Waals surface area contributed by atoms with Gasteiger partial charge in [0.1, 0.15) is 0 Å². The Morgan fingerprint density at radius 2 is 1.53 bits per heavy atom. The monoisotopic (exact) mass is 242 g/mol. The molecule has 1 N–H and O–H groups in total. The van der Waals surface area contributed by atoms with Crippen molar-refractivity contribution in [3.05, 3.63) is 0 Å². The predicted molar refractivity (Wildman–Crippen MR) is 57.9 cm³/mol. The van der Waals surface area contributed by atoms with E-state index in [2.05, 4.69) is 0 Å². The van der Waals surface area contributed by atoms with E-state index in [0.29, 0.717) is 12.8 Å². The second-order valence-electron chi connectivity index (χ2n) is 4.65. The minimum Gasteiger partial charge on any atom is -0.465 e. The molecule has 0 heterocycles. The maximum atomic E-state index is 12.0. The van der Waals surface area contributed by atoms with Crippen LogP contribution in [0.3, 0.4) is 0 Å². The fourth-order valence-electron chi connectivity index (χ4n) is 3.11. The highest BCUT2D eigenvalue weighted by molar-refractivity contribution is 6.04. The summed E-state index contributed by atoms with van der Waals surface area (Å²) in [6.07, 6.45) is 0.576. The highest BCUT2D eigenvalue weighted by atomic mass is 16.6. The van der Waals surface area contributed by atoms with Gasteiger partial charge in [0.2, 0.25) is 0 Å². The Bertz CT molecular complexity index is 306. The van der Waals surface area contributed by atoms with Gasteiger partial charge in [0.25, 0.3) is 0 Å². The van der Waals surface area contributed by atoms with Crippen molar-refractivity contribution >= 4 is 11.9 Å². The van der Waals surface area contributed by atoms with Gasteiger partial charge in [0.05, 0.1) is 19.3 Å². The van der Waals surface area contributed by atoms with Crippen LogP contribution in [0.15, 0.2) is 0 Å². The molecule has 2 saturated carbocycles. The smallest absolute Gasteiger partial charge is 0.324 e. The van der Waals surface area contributed by atoms with E-state index in [4.69, 9.17) is 9.47 Å². The van der Waals surface area contributed by atoms with Gasteiger partial charge in [-0.15, -0.1) is 0 Å². The topological polar surface area (TPSA) is 72.8 Å². The summed E-state index contributed by atoms with van der Waals surface area (Å²) in [6, 6.07) is 0. The molecule has 0 amide bonds. The van der Waals surface area contributed by atoms with Crippen molar-refractivity contribution in [3.8, 4) is 0 Å². The van der Waals surface area contributed by atoms with Gasteiger partial charge in [0, 0.05) is 0 Å². The highest BCUT2D eigenvalue weighted by Gasteiger charge is 2.78. The molecule has 0 radical (unpaired) electrons. The Labute approximate surface area is 100 Å². The number of hydrogen-bond acceptors (Lipinski definition) is 5. The maximum Gasteiger partial charge on any atom is 0.324 e. The van der Waals surface area contributed by atoms with Crippen molar-refractivity contribution in [1.82, 2.24) is 0 Å². The molecule has 2 aliphatic carbocycles. The summed E-state index contributed by atoms with van der Waals surface area (Å²) in [4.78, 5) is 23.9. The van der Waals surface area contributed by atoms with Crippen LogP contribution in [-0.2, 0) is 19.1 Å². The number of aliphatic hydroxyl groups is 1. The first-order chi connectivity index (χ1) is 8.08. The third kappa shape index (κ3) is 1.64. The SMILES string of the molecule is CCOC(=O)C1(C(=O)OCC)C2CC(O)CC21. The third-order valence-electron chi connectivity index (χ3n) is 3.82. The van der Waals surface area contributed by atoms with Gasteiger partial charge < -0.3 is 14.6 Å². The molecule has 2 unspecified atom stereocenters. The molecule has 0 aromatic rings. The molecule has 2 fully saturated rings. The van der Waals surface area contributed by atoms with E-state index in [9.17, 15) is 14.7 Å². The standard InChI is InChI=1S/C12H18O5/c1-3-16-10(14)12(11(15)17-4-2)8-5-7(13)6-9(8)12/h7-9,13H,3-6H2,1-2H3. The second kappa shape index (κ2) is 4.29. The van der Waals surface area contributed by atoms with Gasteiger partial charge in [-0.05, 0) is 38.5 Å². The Balaban J connectivity index is 2.16. The fraction of sp³-hybridized carbons (Fsp3) is 0.833. The Morgan fingerprint density at radius 3 is 1.88 bits per heavy atom. The van der Waals surface area contributed by atoms with Gasteiger partial charge in [-0.2, -0.15) is 0 Å². The first-order valence-electron chi connectivity index (χ1n) is 6.11. The first kappa shape index (κ1) is 12.4. The number of fused-ring (bicyclic) bond motifs is 1. The fourth-order valence-corrected chi connectivity index (χ4v) is 3.11. The van der Waals surface area contributed by atoms with Crippen molar-refractivity contribution in [2.24, 2.45) is 17.3 Å². The molecule has 17 heavy (non-hydrogen) atoms. The molecule has 0 aromatic carbocycles. The lowest BCUT2D eigenvalue weighted by molar-refractivity contribution is -0.166. The molecule has 96 valence electrons. The number of rotatable bonds is 4. The lowest BCUT2D eigenvalue weighted by Gasteiger charge is -2.19. The summed E-state index contributed by atoms with van der Waals surface area (Å²) in [5.41, 5.74) is -1.12. The van der Waals surface area contributed by atoms with Crippen LogP contribution in [0.2, 0.25) is 0 Å². The molecule has 0 saturated heterocycles. The zero-order chi connectivity index (χ0) is 12.6. The Morgan fingerprint density at radius 1 is 1.12 bits per heavy atom. The molecular weight excluding hydrogens is 224 g/mol. The quantitative estimate of drug-likeness (QED) is 0.574. The zero-order valence-corrected chi connectivity index (χ0v) is 10.1. The van der Waals surface area contributed by atoms with Crippen LogP contribution < -0.4 is 0 Å². The van der Waals surface area contributed by atoms with Crippen molar-refractivity contribution in [3.63, 3.8) is 0 Å². The molecule has 5 nitrogen and oxygen atoms in total. The summed E-state index contributed by atoms with van der Waals surface area (Å²) in [5, 5.41) is 9.48. The number of aliphatic hydroxyl groups excluding tert-OH is 1. The van der Waals surface area contributed by atoms with Gasteiger partial charge in [0.15, 0.2) is 5.41 Å². The number of carbonyl (C=O) groups is 2. The molecule has 2 aliphatic rings. The Hall–Kier alpha value is -1.10. The van der Waals surface area contributed by atoms with Crippen LogP contribution in [0.25, 0.3) is 0 Å². The summed E-state index contributed by atoms with van der Waals surface area (Å²) in [5.74, 6) is -1.17. The van der Waals surface area contributed by atoms with Gasteiger partial charge in [-0.3, -0.25) is 9.59 Å². The average molecular weight is 242 g/mol. The van der Waals surface area contributed by atoms with Crippen LogP contribution in [0, 0.1) is 17.3 Å². The van der Waals surface area contributed by atoms with E-state index in [1.165, 1.54) is 0 Å². The molecule has 0 aliphatic heterocycles. The van der Waals surface area contributed by atoms with Crippen LogP contribution in [0.1, 0.15) is 26.7 Å². The summed E-state index contributed by atoms with van der Waals surface area (Å²) in [7, 11) is 0. The molecule has 2 rings (SSSR count). The first-order valence-corrected chi connectivity index (χ1v) is 6.11. The summed E-state index contributed by atoms with van der Waals surface area (Å²) in [6.45, 7) is 3.93. The minimum absolute atomic E-state index is 0.101.